The van der Waals surface area contributed by atoms with E-state index in [-0.39, 0.29) is 11.5 Å². The number of rotatable bonds is 7. The van der Waals surface area contributed by atoms with Gasteiger partial charge in [0.25, 0.3) is 0 Å². The molecule has 132 valence electrons. The van der Waals surface area contributed by atoms with Crippen LogP contribution in [0.15, 0.2) is 69.5 Å². The highest BCUT2D eigenvalue weighted by Crippen LogP contribution is 2.27. The zero-order chi connectivity index (χ0) is 18.8. The lowest BCUT2D eigenvalue weighted by molar-refractivity contribution is -0.140. The minimum absolute atomic E-state index is 0.186. The van der Waals surface area contributed by atoms with E-state index in [1.165, 1.54) is 6.92 Å². The third kappa shape index (κ3) is 6.23. The fraction of sp³-hybridized carbons (Fsp3) is 0.190. The summed E-state index contributed by atoms with van der Waals surface area (Å²) in [4.78, 5) is 30.4. The van der Waals surface area contributed by atoms with E-state index >= 15 is 0 Å². The summed E-state index contributed by atoms with van der Waals surface area (Å²) in [6, 6.07) is 17.3. The number of benzene rings is 2. The van der Waals surface area contributed by atoms with Gasteiger partial charge in [0, 0.05) is 35.1 Å². The van der Waals surface area contributed by atoms with E-state index in [0.29, 0.717) is 18.4 Å². The second kappa shape index (κ2) is 10.2. The van der Waals surface area contributed by atoms with E-state index in [0.717, 1.165) is 9.79 Å². The Kier molecular flexibility index (Phi) is 7.66. The maximum atomic E-state index is 12.6. The fourth-order valence-corrected chi connectivity index (χ4v) is 2.93. The Morgan fingerprint density at radius 1 is 1.04 bits per heavy atom. The Balaban J connectivity index is 2.12. The first-order chi connectivity index (χ1) is 12.6. The first kappa shape index (κ1) is 19.5. The molecule has 0 amide bonds. The van der Waals surface area contributed by atoms with Crippen LogP contribution in [-0.4, -0.2) is 17.5 Å². The van der Waals surface area contributed by atoms with Crippen LogP contribution in [0, 0.1) is 11.8 Å². The van der Waals surface area contributed by atoms with Gasteiger partial charge in [-0.2, -0.15) is 0 Å². The van der Waals surface area contributed by atoms with Crippen molar-refractivity contribution in [1.82, 2.24) is 0 Å². The van der Waals surface area contributed by atoms with Crippen molar-refractivity contribution >= 4 is 29.2 Å². The minimum atomic E-state index is -0.563. The van der Waals surface area contributed by atoms with Gasteiger partial charge in [-0.25, -0.2) is 4.79 Å². The fourth-order valence-electron chi connectivity index (χ4n) is 2.09. The number of nitrogens with zero attached hydrogens (tertiary/aromatic N) is 1. The van der Waals surface area contributed by atoms with E-state index in [1.807, 2.05) is 42.5 Å². The average Bonchev–Trinajstić information content (AvgIpc) is 2.65. The molecule has 0 saturated carbocycles. The molecule has 0 aromatic heterocycles. The highest BCUT2D eigenvalue weighted by molar-refractivity contribution is 7.99. The van der Waals surface area contributed by atoms with Crippen molar-refractivity contribution in [3.63, 3.8) is 0 Å². The van der Waals surface area contributed by atoms with Crippen LogP contribution in [0.1, 0.15) is 37.0 Å². The molecule has 0 N–H and O–H groups in total. The van der Waals surface area contributed by atoms with E-state index in [2.05, 4.69) is 21.8 Å². The number of oxime groups is 1. The van der Waals surface area contributed by atoms with Gasteiger partial charge in [0.15, 0.2) is 0 Å². The SMILES string of the molecule is CC#CCC/C(=N\OC(C)=O)C(=O)c1ccc(Sc2ccccc2)cc1. The first-order valence-corrected chi connectivity index (χ1v) is 8.93. The Labute approximate surface area is 157 Å². The maximum absolute atomic E-state index is 12.6. The topological polar surface area (TPSA) is 55.7 Å². The molecule has 0 aliphatic heterocycles. The number of hydrogen-bond acceptors (Lipinski definition) is 5. The summed E-state index contributed by atoms with van der Waals surface area (Å²) in [5, 5.41) is 3.71. The zero-order valence-electron chi connectivity index (χ0n) is 14.7. The third-order valence-electron chi connectivity index (χ3n) is 3.31. The summed E-state index contributed by atoms with van der Waals surface area (Å²) in [7, 11) is 0. The summed E-state index contributed by atoms with van der Waals surface area (Å²) in [6.45, 7) is 2.97. The largest absolute Gasteiger partial charge is 0.331 e. The van der Waals surface area contributed by atoms with Crippen LogP contribution in [-0.2, 0) is 9.63 Å². The highest BCUT2D eigenvalue weighted by Gasteiger charge is 2.15. The van der Waals surface area contributed by atoms with Gasteiger partial charge in [0.2, 0.25) is 5.78 Å². The second-order valence-electron chi connectivity index (χ2n) is 5.32. The second-order valence-corrected chi connectivity index (χ2v) is 6.46. The lowest BCUT2D eigenvalue weighted by Gasteiger charge is -2.05. The molecule has 0 heterocycles. The minimum Gasteiger partial charge on any atom is -0.318 e. The molecular weight excluding hydrogens is 346 g/mol. The van der Waals surface area contributed by atoms with Crippen LogP contribution in [0.25, 0.3) is 0 Å². The monoisotopic (exact) mass is 365 g/mol. The molecule has 0 radical (unpaired) electrons. The molecule has 0 spiro atoms. The van der Waals surface area contributed by atoms with Gasteiger partial charge in [-0.1, -0.05) is 35.1 Å². The Hall–Kier alpha value is -2.84. The van der Waals surface area contributed by atoms with Crippen molar-refractivity contribution in [3.05, 3.63) is 60.2 Å². The van der Waals surface area contributed by atoms with Crippen LogP contribution in [0.4, 0.5) is 0 Å². The normalized spacial score (nSPS) is 10.6. The molecule has 0 aliphatic rings. The quantitative estimate of drug-likeness (QED) is 0.234. The van der Waals surface area contributed by atoms with Crippen LogP contribution in [0.2, 0.25) is 0 Å². The van der Waals surface area contributed by atoms with Crippen molar-refractivity contribution in [2.24, 2.45) is 5.16 Å². The van der Waals surface area contributed by atoms with Gasteiger partial charge in [-0.15, -0.1) is 11.8 Å². The van der Waals surface area contributed by atoms with E-state index in [4.69, 9.17) is 0 Å². The van der Waals surface area contributed by atoms with Crippen molar-refractivity contribution in [2.45, 2.75) is 36.5 Å². The van der Waals surface area contributed by atoms with Crippen LogP contribution >= 0.6 is 11.8 Å². The van der Waals surface area contributed by atoms with Gasteiger partial charge in [0.05, 0.1) is 0 Å². The molecule has 2 aromatic carbocycles. The molecule has 2 aromatic rings. The molecule has 0 unspecified atom stereocenters. The Morgan fingerprint density at radius 3 is 2.31 bits per heavy atom. The van der Waals surface area contributed by atoms with E-state index in [9.17, 15) is 9.59 Å². The van der Waals surface area contributed by atoms with Crippen LogP contribution in [0.3, 0.4) is 0 Å². The Bertz CT molecular complexity index is 846. The lowest BCUT2D eigenvalue weighted by Crippen LogP contribution is -2.15. The van der Waals surface area contributed by atoms with Gasteiger partial charge < -0.3 is 4.84 Å². The molecule has 0 bridgehead atoms. The number of carbonyl (C=O) groups excluding carboxylic acids is 2. The molecule has 4 nitrogen and oxygen atoms in total. The van der Waals surface area contributed by atoms with E-state index < -0.39 is 5.97 Å². The van der Waals surface area contributed by atoms with Crippen molar-refractivity contribution in [2.75, 3.05) is 0 Å². The molecule has 0 fully saturated rings. The lowest BCUT2D eigenvalue weighted by atomic mass is 10.0. The molecule has 0 saturated heterocycles. The maximum Gasteiger partial charge on any atom is 0.331 e. The van der Waals surface area contributed by atoms with Gasteiger partial charge in [0.1, 0.15) is 5.71 Å². The summed E-state index contributed by atoms with van der Waals surface area (Å²) >= 11 is 1.62. The molecule has 5 heteroatoms. The van der Waals surface area contributed by atoms with Crippen LogP contribution in [0.5, 0.6) is 0 Å². The highest BCUT2D eigenvalue weighted by atomic mass is 32.2. The predicted molar refractivity (Wildman–Crippen MR) is 103 cm³/mol. The van der Waals surface area contributed by atoms with Gasteiger partial charge in [-0.05, 0) is 43.3 Å². The number of Topliss-reactive ketones (excluding diaryl/α,β-unsaturated/α-hetero) is 1. The standard InChI is InChI=1S/C21H19NO3S/c1-3-4-6-11-20(22-25-16(2)23)21(24)17-12-14-19(15-13-17)26-18-9-7-5-8-10-18/h5,7-10,12-15H,6,11H2,1-2H3/b22-20+. The molecule has 2 rings (SSSR count). The number of ketones is 1. The van der Waals surface area contributed by atoms with Crippen molar-refractivity contribution in [3.8, 4) is 11.8 Å². The van der Waals surface area contributed by atoms with Gasteiger partial charge in [-0.3, -0.25) is 4.79 Å². The summed E-state index contributed by atoms with van der Waals surface area (Å²) in [5.41, 5.74) is 0.684. The average molecular weight is 365 g/mol. The number of hydrogen-bond donors (Lipinski definition) is 0. The summed E-state index contributed by atoms with van der Waals surface area (Å²) in [6.07, 6.45) is 0.803. The van der Waals surface area contributed by atoms with Gasteiger partial charge >= 0.3 is 5.97 Å². The van der Waals surface area contributed by atoms with Crippen molar-refractivity contribution < 1.29 is 14.4 Å². The Morgan fingerprint density at radius 2 is 1.69 bits per heavy atom. The third-order valence-corrected chi connectivity index (χ3v) is 4.32. The molecule has 26 heavy (non-hydrogen) atoms. The van der Waals surface area contributed by atoms with Crippen LogP contribution < -0.4 is 0 Å². The summed E-state index contributed by atoms with van der Waals surface area (Å²) in [5.74, 6) is 4.83. The van der Waals surface area contributed by atoms with Crippen molar-refractivity contribution in [1.29, 1.82) is 0 Å². The molecular formula is C21H19NO3S. The first-order valence-electron chi connectivity index (χ1n) is 8.12. The molecule has 0 atom stereocenters. The molecule has 0 aliphatic carbocycles. The number of carbonyl (C=O) groups is 2. The zero-order valence-corrected chi connectivity index (χ0v) is 15.5. The predicted octanol–water partition coefficient (Wildman–Crippen LogP) is 4.74. The summed E-state index contributed by atoms with van der Waals surface area (Å²) < 4.78 is 0. The smallest absolute Gasteiger partial charge is 0.318 e. The van der Waals surface area contributed by atoms with E-state index in [1.54, 1.807) is 30.8 Å².